The summed E-state index contributed by atoms with van der Waals surface area (Å²) in [6.45, 7) is 2.55. The number of rotatable bonds is 6. The highest BCUT2D eigenvalue weighted by Crippen LogP contribution is 2.36. The molecule has 0 spiro atoms. The van der Waals surface area contributed by atoms with Gasteiger partial charge in [-0.2, -0.15) is 0 Å². The van der Waals surface area contributed by atoms with Gasteiger partial charge in [0.1, 0.15) is 5.69 Å². The highest BCUT2D eigenvalue weighted by Gasteiger charge is 2.35. The lowest BCUT2D eigenvalue weighted by Crippen LogP contribution is -2.39. The second-order valence-electron chi connectivity index (χ2n) is 7.55. The number of pyridine rings is 1. The van der Waals surface area contributed by atoms with Crippen molar-refractivity contribution in [2.24, 2.45) is 11.1 Å². The maximum absolute atomic E-state index is 13.6. The van der Waals surface area contributed by atoms with Crippen molar-refractivity contribution in [2.75, 3.05) is 0 Å². The van der Waals surface area contributed by atoms with Crippen LogP contribution in [0.15, 0.2) is 65.7 Å². The third kappa shape index (κ3) is 4.02. The molecule has 1 aromatic heterocycles. The largest absolute Gasteiger partial charge is 0.330 e. The summed E-state index contributed by atoms with van der Waals surface area (Å²) >= 11 is 0. The average molecular weight is 410 g/mol. The van der Waals surface area contributed by atoms with Gasteiger partial charge < -0.3 is 4.90 Å². The zero-order valence-corrected chi connectivity index (χ0v) is 17.0. The molecule has 6 nitrogen and oxygen atoms in total. The van der Waals surface area contributed by atoms with Crippen LogP contribution in [0.5, 0.6) is 0 Å². The number of fused-ring (bicyclic) bond motifs is 1. The Morgan fingerprint density at radius 3 is 2.48 bits per heavy atom. The molecule has 0 saturated heterocycles. The molecule has 4 rings (SSSR count). The molecule has 1 aliphatic carbocycles. The van der Waals surface area contributed by atoms with Crippen LogP contribution in [0.3, 0.4) is 0 Å². The maximum atomic E-state index is 13.6. The molecule has 1 saturated carbocycles. The monoisotopic (exact) mass is 409 g/mol. The van der Waals surface area contributed by atoms with Gasteiger partial charge >= 0.3 is 0 Å². The van der Waals surface area contributed by atoms with Gasteiger partial charge in [-0.05, 0) is 43.4 Å². The summed E-state index contributed by atoms with van der Waals surface area (Å²) in [6.07, 6.45) is 3.68. The van der Waals surface area contributed by atoms with Crippen LogP contribution in [-0.2, 0) is 16.6 Å². The Morgan fingerprint density at radius 2 is 1.83 bits per heavy atom. The van der Waals surface area contributed by atoms with Crippen LogP contribution < -0.4 is 5.14 Å². The Kier molecular flexibility index (Phi) is 5.10. The number of amides is 1. The number of benzene rings is 2. The van der Waals surface area contributed by atoms with Gasteiger partial charge in [0.05, 0.1) is 4.90 Å². The van der Waals surface area contributed by atoms with Crippen molar-refractivity contribution in [1.82, 2.24) is 9.88 Å². The minimum atomic E-state index is -3.91. The highest BCUT2D eigenvalue weighted by atomic mass is 32.2. The van der Waals surface area contributed by atoms with E-state index in [0.29, 0.717) is 23.2 Å². The second kappa shape index (κ2) is 7.57. The van der Waals surface area contributed by atoms with Gasteiger partial charge in [-0.1, -0.05) is 42.5 Å². The number of aromatic nitrogens is 1. The molecule has 1 heterocycles. The molecule has 3 aromatic rings. The molecule has 2 N–H and O–H groups in total. The number of sulfonamides is 1. The van der Waals surface area contributed by atoms with Gasteiger partial charge in [0.2, 0.25) is 10.0 Å². The number of primary sulfonamides is 1. The van der Waals surface area contributed by atoms with Crippen molar-refractivity contribution in [1.29, 1.82) is 0 Å². The Labute approximate surface area is 170 Å². The third-order valence-electron chi connectivity index (χ3n) is 5.53. The molecule has 1 atom stereocenters. The van der Waals surface area contributed by atoms with Crippen LogP contribution in [0, 0.1) is 5.92 Å². The number of nitrogens with zero attached hydrogens (tertiary/aromatic N) is 2. The van der Waals surface area contributed by atoms with Crippen LogP contribution in [-0.4, -0.2) is 30.3 Å². The van der Waals surface area contributed by atoms with Gasteiger partial charge in [-0.25, -0.2) is 13.6 Å². The van der Waals surface area contributed by atoms with E-state index in [1.54, 1.807) is 18.2 Å². The zero-order chi connectivity index (χ0) is 20.6. The van der Waals surface area contributed by atoms with E-state index in [1.807, 2.05) is 35.2 Å². The predicted molar refractivity (Wildman–Crippen MR) is 112 cm³/mol. The molecule has 0 bridgehead atoms. The fourth-order valence-corrected chi connectivity index (χ4v) is 4.50. The SMILES string of the molecule is C[C@H](C1CC1)N(Cc1ccccc1)C(=O)c1nccc2c(S(N)(=O)=O)cccc12. The van der Waals surface area contributed by atoms with Crippen molar-refractivity contribution in [3.05, 3.63) is 72.1 Å². The average Bonchev–Trinajstić information content (AvgIpc) is 3.55. The molecule has 2 aromatic carbocycles. The minimum Gasteiger partial charge on any atom is -0.330 e. The van der Waals surface area contributed by atoms with E-state index in [2.05, 4.69) is 11.9 Å². The topological polar surface area (TPSA) is 93.4 Å². The molecule has 7 heteroatoms. The molecule has 29 heavy (non-hydrogen) atoms. The van der Waals surface area contributed by atoms with Gasteiger partial charge in [-0.15, -0.1) is 0 Å². The smallest absolute Gasteiger partial charge is 0.273 e. The molecule has 1 fully saturated rings. The number of hydrogen-bond acceptors (Lipinski definition) is 4. The van der Waals surface area contributed by atoms with Crippen molar-refractivity contribution >= 4 is 26.7 Å². The second-order valence-corrected chi connectivity index (χ2v) is 9.08. The molecule has 0 unspecified atom stereocenters. The molecule has 1 aliphatic rings. The van der Waals surface area contributed by atoms with Crippen LogP contribution in [0.1, 0.15) is 35.8 Å². The van der Waals surface area contributed by atoms with E-state index in [4.69, 9.17) is 5.14 Å². The maximum Gasteiger partial charge on any atom is 0.273 e. The Balaban J connectivity index is 1.79. The van der Waals surface area contributed by atoms with Crippen molar-refractivity contribution in [2.45, 2.75) is 37.2 Å². The lowest BCUT2D eigenvalue weighted by molar-refractivity contribution is 0.0650. The summed E-state index contributed by atoms with van der Waals surface area (Å²) in [5, 5.41) is 6.26. The van der Waals surface area contributed by atoms with Crippen LogP contribution in [0.4, 0.5) is 0 Å². The van der Waals surface area contributed by atoms with E-state index < -0.39 is 10.0 Å². The first kappa shape index (κ1) is 19.5. The Hall–Kier alpha value is -2.77. The molecular formula is C22H23N3O3S. The summed E-state index contributed by atoms with van der Waals surface area (Å²) in [5.41, 5.74) is 1.29. The van der Waals surface area contributed by atoms with Crippen molar-refractivity contribution in [3.63, 3.8) is 0 Å². The van der Waals surface area contributed by atoms with E-state index in [1.165, 1.54) is 12.3 Å². The first-order chi connectivity index (χ1) is 13.9. The summed E-state index contributed by atoms with van der Waals surface area (Å²) in [5.74, 6) is 0.281. The van der Waals surface area contributed by atoms with Crippen LogP contribution in [0.25, 0.3) is 10.8 Å². The van der Waals surface area contributed by atoms with E-state index in [9.17, 15) is 13.2 Å². The molecular weight excluding hydrogens is 386 g/mol. The Morgan fingerprint density at radius 1 is 1.10 bits per heavy atom. The summed E-state index contributed by atoms with van der Waals surface area (Å²) < 4.78 is 23.9. The summed E-state index contributed by atoms with van der Waals surface area (Å²) in [7, 11) is -3.91. The quantitative estimate of drug-likeness (QED) is 0.676. The number of carbonyl (C=O) groups excluding carboxylic acids is 1. The van der Waals surface area contributed by atoms with Crippen LogP contribution in [0.2, 0.25) is 0 Å². The lowest BCUT2D eigenvalue weighted by Gasteiger charge is -2.29. The molecule has 150 valence electrons. The zero-order valence-electron chi connectivity index (χ0n) is 16.2. The fourth-order valence-electron chi connectivity index (χ4n) is 3.75. The van der Waals surface area contributed by atoms with E-state index >= 15 is 0 Å². The molecule has 1 amide bonds. The third-order valence-corrected chi connectivity index (χ3v) is 6.50. The van der Waals surface area contributed by atoms with E-state index in [0.717, 1.165) is 18.4 Å². The van der Waals surface area contributed by atoms with Crippen molar-refractivity contribution in [3.8, 4) is 0 Å². The van der Waals surface area contributed by atoms with Crippen LogP contribution >= 0.6 is 0 Å². The van der Waals surface area contributed by atoms with E-state index in [-0.39, 0.29) is 22.5 Å². The number of hydrogen-bond donors (Lipinski definition) is 1. The number of nitrogens with two attached hydrogens (primary N) is 1. The fraction of sp³-hybridized carbons (Fsp3) is 0.273. The molecule has 0 radical (unpaired) electrons. The van der Waals surface area contributed by atoms with Gasteiger partial charge in [0, 0.05) is 29.6 Å². The van der Waals surface area contributed by atoms with Gasteiger partial charge in [-0.3, -0.25) is 9.78 Å². The lowest BCUT2D eigenvalue weighted by atomic mass is 10.1. The first-order valence-electron chi connectivity index (χ1n) is 9.61. The summed E-state index contributed by atoms with van der Waals surface area (Å²) in [6, 6.07) is 16.2. The minimum absolute atomic E-state index is 0.00343. The Bertz CT molecular complexity index is 1160. The van der Waals surface area contributed by atoms with Gasteiger partial charge in [0.15, 0.2) is 0 Å². The number of carbonyl (C=O) groups is 1. The predicted octanol–water partition coefficient (Wildman–Crippen LogP) is 3.32. The summed E-state index contributed by atoms with van der Waals surface area (Å²) in [4.78, 5) is 19.8. The first-order valence-corrected chi connectivity index (χ1v) is 11.2. The molecule has 0 aliphatic heterocycles. The van der Waals surface area contributed by atoms with Crippen molar-refractivity contribution < 1.29 is 13.2 Å². The standard InChI is InChI=1S/C22H23N3O3S/c1-15(17-10-11-17)25(14-16-6-3-2-4-7-16)22(26)21-19-8-5-9-20(29(23,27)28)18(19)12-13-24-21/h2-9,12-13,15,17H,10-11,14H2,1H3,(H2,23,27,28)/t15-/m1/s1. The normalized spacial score (nSPS) is 15.2. The van der Waals surface area contributed by atoms with Gasteiger partial charge in [0.25, 0.3) is 5.91 Å². The highest BCUT2D eigenvalue weighted by molar-refractivity contribution is 7.89.